The number of hydrogen-bond acceptors (Lipinski definition) is 4. The Morgan fingerprint density at radius 1 is 1.35 bits per heavy atom. The molecule has 0 amide bonds. The monoisotopic (exact) mass is 342 g/mol. The average molecular weight is 343 g/mol. The molecular weight excluding hydrogens is 328 g/mol. The summed E-state index contributed by atoms with van der Waals surface area (Å²) in [4.78, 5) is 5.82. The molecule has 1 atom stereocenters. The molecule has 23 heavy (non-hydrogen) atoms. The Hall–Kier alpha value is -2.03. The van der Waals surface area contributed by atoms with Gasteiger partial charge in [0.2, 0.25) is 0 Å². The molecule has 2 aromatic heterocycles. The lowest BCUT2D eigenvalue weighted by Crippen LogP contribution is -2.33. The van der Waals surface area contributed by atoms with Crippen LogP contribution in [0, 0.1) is 11.3 Å². The summed E-state index contributed by atoms with van der Waals surface area (Å²) in [5.74, 6) is 0. The molecule has 0 radical (unpaired) electrons. The molecule has 1 aliphatic heterocycles. The molecule has 0 saturated carbocycles. The van der Waals surface area contributed by atoms with Gasteiger partial charge in [-0.3, -0.25) is 0 Å². The highest BCUT2D eigenvalue weighted by atomic mass is 35.5. The Kier molecular flexibility index (Phi) is 3.72. The predicted molar refractivity (Wildman–Crippen MR) is 94.1 cm³/mol. The summed E-state index contributed by atoms with van der Waals surface area (Å²) in [7, 11) is 0. The Morgan fingerprint density at radius 3 is 3.04 bits per heavy atom. The van der Waals surface area contributed by atoms with Crippen LogP contribution < -0.4 is 4.90 Å². The topological polar surface area (TPSA) is 55.7 Å². The van der Waals surface area contributed by atoms with Gasteiger partial charge in [0.1, 0.15) is 16.6 Å². The summed E-state index contributed by atoms with van der Waals surface area (Å²) in [6, 6.07) is 13.0. The van der Waals surface area contributed by atoms with E-state index < -0.39 is 0 Å². The summed E-state index contributed by atoms with van der Waals surface area (Å²) in [6.07, 6.45) is 3.37. The summed E-state index contributed by atoms with van der Waals surface area (Å²) >= 11 is 7.38. The van der Waals surface area contributed by atoms with Crippen molar-refractivity contribution in [3.63, 3.8) is 0 Å². The third kappa shape index (κ3) is 2.48. The molecule has 1 aliphatic rings. The molecule has 4 rings (SSSR count). The number of nitriles is 1. The van der Waals surface area contributed by atoms with Crippen molar-refractivity contribution in [2.45, 2.75) is 25.3 Å². The molecule has 0 spiro atoms. The van der Waals surface area contributed by atoms with Gasteiger partial charge < -0.3 is 9.88 Å². The minimum atomic E-state index is 0.236. The van der Waals surface area contributed by atoms with Gasteiger partial charge in [-0.15, -0.1) is 0 Å². The van der Waals surface area contributed by atoms with Gasteiger partial charge in [0, 0.05) is 17.8 Å². The maximum atomic E-state index is 9.39. The Labute approximate surface area is 143 Å². The lowest BCUT2D eigenvalue weighted by Gasteiger charge is -2.36. The van der Waals surface area contributed by atoms with Crippen molar-refractivity contribution in [3.8, 4) is 6.07 Å². The molecule has 4 nitrogen and oxygen atoms in total. The van der Waals surface area contributed by atoms with E-state index in [0.29, 0.717) is 10.7 Å². The third-order valence-corrected chi connectivity index (χ3v) is 5.68. The molecule has 3 aromatic rings. The molecule has 6 heteroatoms. The fraction of sp³-hybridized carbons (Fsp3) is 0.294. The lowest BCUT2D eigenvalue weighted by molar-refractivity contribution is 0.469. The molecule has 116 valence electrons. The molecule has 3 heterocycles. The summed E-state index contributed by atoms with van der Waals surface area (Å²) in [6.45, 7) is 0.924. The molecule has 1 aromatic carbocycles. The maximum absolute atomic E-state index is 9.39. The second-order valence-corrected chi connectivity index (χ2v) is 6.89. The van der Waals surface area contributed by atoms with Crippen molar-refractivity contribution < 1.29 is 0 Å². The number of para-hydroxylation sites is 1. The summed E-state index contributed by atoms with van der Waals surface area (Å²) in [5, 5.41) is 11.8. The second-order valence-electron chi connectivity index (χ2n) is 5.78. The molecular formula is C17H15ClN4S. The first-order chi connectivity index (χ1) is 11.3. The number of benzene rings is 1. The van der Waals surface area contributed by atoms with E-state index in [1.807, 2.05) is 6.07 Å². The van der Waals surface area contributed by atoms with Crippen molar-refractivity contribution in [2.24, 2.45) is 0 Å². The Balaban J connectivity index is 1.77. The number of rotatable bonds is 2. The van der Waals surface area contributed by atoms with Gasteiger partial charge in [0.25, 0.3) is 0 Å². The first-order valence-corrected chi connectivity index (χ1v) is 8.82. The highest BCUT2D eigenvalue weighted by Crippen LogP contribution is 2.40. The number of piperidine rings is 1. The number of halogens is 1. The van der Waals surface area contributed by atoms with Crippen LogP contribution in [0.25, 0.3) is 10.9 Å². The van der Waals surface area contributed by atoms with Crippen molar-refractivity contribution >= 4 is 39.0 Å². The van der Waals surface area contributed by atoms with E-state index in [1.165, 1.54) is 29.0 Å². The van der Waals surface area contributed by atoms with Crippen LogP contribution in [0.4, 0.5) is 5.00 Å². The SMILES string of the molecule is N#Cc1c(Cl)nsc1N1CCCCC1c1cc2ccccc2[nH]1. The lowest BCUT2D eigenvalue weighted by atomic mass is 9.99. The zero-order valence-electron chi connectivity index (χ0n) is 12.4. The van der Waals surface area contributed by atoms with Crippen LogP contribution in [0.1, 0.15) is 36.6 Å². The largest absolute Gasteiger partial charge is 0.357 e. The van der Waals surface area contributed by atoms with Crippen molar-refractivity contribution in [1.29, 1.82) is 5.26 Å². The van der Waals surface area contributed by atoms with E-state index >= 15 is 0 Å². The van der Waals surface area contributed by atoms with Gasteiger partial charge in [-0.25, -0.2) is 0 Å². The van der Waals surface area contributed by atoms with Crippen molar-refractivity contribution in [3.05, 3.63) is 46.7 Å². The van der Waals surface area contributed by atoms with E-state index in [-0.39, 0.29) is 6.04 Å². The third-order valence-electron chi connectivity index (χ3n) is 4.42. The van der Waals surface area contributed by atoms with Gasteiger partial charge in [0.05, 0.1) is 6.04 Å². The van der Waals surface area contributed by atoms with E-state index in [0.717, 1.165) is 29.9 Å². The summed E-state index contributed by atoms with van der Waals surface area (Å²) < 4.78 is 4.17. The number of anilines is 1. The zero-order valence-corrected chi connectivity index (χ0v) is 14.0. The van der Waals surface area contributed by atoms with Crippen LogP contribution in [0.3, 0.4) is 0 Å². The zero-order chi connectivity index (χ0) is 15.8. The van der Waals surface area contributed by atoms with E-state index in [4.69, 9.17) is 11.6 Å². The highest BCUT2D eigenvalue weighted by Gasteiger charge is 2.29. The van der Waals surface area contributed by atoms with Crippen LogP contribution in [0.5, 0.6) is 0 Å². The minimum absolute atomic E-state index is 0.236. The van der Waals surface area contributed by atoms with Gasteiger partial charge >= 0.3 is 0 Å². The van der Waals surface area contributed by atoms with Gasteiger partial charge in [-0.1, -0.05) is 29.8 Å². The van der Waals surface area contributed by atoms with Gasteiger partial charge in [0.15, 0.2) is 5.15 Å². The smallest absolute Gasteiger partial charge is 0.162 e. The molecule has 1 unspecified atom stereocenters. The molecule has 1 N–H and O–H groups in total. The van der Waals surface area contributed by atoms with Crippen molar-refractivity contribution in [1.82, 2.24) is 9.36 Å². The van der Waals surface area contributed by atoms with Crippen molar-refractivity contribution in [2.75, 3.05) is 11.4 Å². The Bertz CT molecular complexity index is 859. The number of fused-ring (bicyclic) bond motifs is 1. The normalized spacial score (nSPS) is 18.3. The fourth-order valence-corrected chi connectivity index (χ4v) is 4.43. The minimum Gasteiger partial charge on any atom is -0.357 e. The van der Waals surface area contributed by atoms with E-state index in [1.54, 1.807) is 0 Å². The van der Waals surface area contributed by atoms with Gasteiger partial charge in [-0.05, 0) is 48.3 Å². The van der Waals surface area contributed by atoms with Crippen LogP contribution in [-0.4, -0.2) is 15.9 Å². The standard InChI is InChI=1S/C17H15ClN4S/c18-16-12(10-19)17(23-21-16)22-8-4-3-7-15(22)14-9-11-5-1-2-6-13(11)20-14/h1-2,5-6,9,15,20H,3-4,7-8H2. The highest BCUT2D eigenvalue weighted by molar-refractivity contribution is 7.10. The summed E-state index contributed by atoms with van der Waals surface area (Å²) in [5.41, 5.74) is 2.84. The van der Waals surface area contributed by atoms with Gasteiger partial charge in [-0.2, -0.15) is 9.64 Å². The Morgan fingerprint density at radius 2 is 2.22 bits per heavy atom. The number of aromatic nitrogens is 2. The fourth-order valence-electron chi connectivity index (χ4n) is 3.33. The van der Waals surface area contributed by atoms with E-state index in [2.05, 4.69) is 44.6 Å². The number of aromatic amines is 1. The number of nitrogens with zero attached hydrogens (tertiary/aromatic N) is 3. The number of H-pyrrole nitrogens is 1. The molecule has 0 aliphatic carbocycles. The average Bonchev–Trinajstić information content (AvgIpc) is 3.17. The first-order valence-electron chi connectivity index (χ1n) is 7.67. The van der Waals surface area contributed by atoms with Crippen LogP contribution in [0.2, 0.25) is 5.15 Å². The molecule has 0 bridgehead atoms. The predicted octanol–water partition coefficient (Wildman–Crippen LogP) is 4.88. The second kappa shape index (κ2) is 5.88. The maximum Gasteiger partial charge on any atom is 0.162 e. The van der Waals surface area contributed by atoms with Crippen LogP contribution in [0.15, 0.2) is 30.3 Å². The molecule has 1 saturated heterocycles. The van der Waals surface area contributed by atoms with Crippen LogP contribution >= 0.6 is 23.1 Å². The van der Waals surface area contributed by atoms with Crippen LogP contribution in [-0.2, 0) is 0 Å². The number of nitrogens with one attached hydrogen (secondary N) is 1. The number of hydrogen-bond donors (Lipinski definition) is 1. The van der Waals surface area contributed by atoms with E-state index in [9.17, 15) is 5.26 Å². The first kappa shape index (κ1) is 14.6. The quantitative estimate of drug-likeness (QED) is 0.722. The molecule has 1 fully saturated rings.